The van der Waals surface area contributed by atoms with Gasteiger partial charge in [-0.1, -0.05) is 30.3 Å². The van der Waals surface area contributed by atoms with E-state index in [2.05, 4.69) is 5.32 Å². The van der Waals surface area contributed by atoms with Crippen LogP contribution >= 0.6 is 0 Å². The summed E-state index contributed by atoms with van der Waals surface area (Å²) in [5.74, 6) is -0.630. The Hall–Kier alpha value is -3.35. The van der Waals surface area contributed by atoms with Crippen molar-refractivity contribution in [2.75, 3.05) is 26.2 Å². The van der Waals surface area contributed by atoms with E-state index < -0.39 is 18.0 Å². The normalized spacial score (nSPS) is 14.4. The summed E-state index contributed by atoms with van der Waals surface area (Å²) in [5, 5.41) is 2.55. The first-order chi connectivity index (χ1) is 15.1. The largest absolute Gasteiger partial charge is 0.494 e. The lowest BCUT2D eigenvalue weighted by Gasteiger charge is -2.30. The molecule has 0 saturated carbocycles. The molecule has 31 heavy (non-hydrogen) atoms. The molecule has 3 rings (SSSR count). The van der Waals surface area contributed by atoms with Crippen LogP contribution in [0.25, 0.3) is 0 Å². The molecule has 2 aromatic carbocycles. The van der Waals surface area contributed by atoms with E-state index in [-0.39, 0.29) is 12.5 Å². The predicted molar refractivity (Wildman–Crippen MR) is 116 cm³/mol. The third-order valence-electron chi connectivity index (χ3n) is 5.06. The quantitative estimate of drug-likeness (QED) is 0.658. The minimum Gasteiger partial charge on any atom is -0.494 e. The van der Waals surface area contributed by atoms with Crippen LogP contribution in [0.1, 0.15) is 48.2 Å². The lowest BCUT2D eigenvalue weighted by atomic mass is 10.1. The maximum absolute atomic E-state index is 13.0. The maximum atomic E-state index is 13.0. The average molecular weight is 424 g/mol. The van der Waals surface area contributed by atoms with E-state index in [1.165, 1.54) is 0 Å². The van der Waals surface area contributed by atoms with Crippen LogP contribution in [0.5, 0.6) is 5.75 Å². The minimum atomic E-state index is -1.02. The van der Waals surface area contributed by atoms with Gasteiger partial charge < -0.3 is 19.7 Å². The first-order valence-electron chi connectivity index (χ1n) is 10.6. The fraction of sp³-hybridized carbons (Fsp3) is 0.375. The van der Waals surface area contributed by atoms with E-state index in [9.17, 15) is 14.4 Å². The van der Waals surface area contributed by atoms with Gasteiger partial charge in [0.15, 0.2) is 0 Å². The van der Waals surface area contributed by atoms with Gasteiger partial charge >= 0.3 is 5.97 Å². The molecular weight excluding hydrogens is 396 g/mol. The topological polar surface area (TPSA) is 84.9 Å². The number of benzene rings is 2. The molecule has 0 bridgehead atoms. The Bertz CT molecular complexity index is 877. The number of nitrogens with one attached hydrogen (secondary N) is 1. The van der Waals surface area contributed by atoms with Crippen LogP contribution in [0.15, 0.2) is 54.6 Å². The molecule has 1 N–H and O–H groups in total. The summed E-state index contributed by atoms with van der Waals surface area (Å²) in [6.45, 7) is 3.41. The number of likely N-dealkylation sites (tertiary alicyclic amines) is 1. The number of rotatable bonds is 8. The van der Waals surface area contributed by atoms with Crippen molar-refractivity contribution in [1.82, 2.24) is 10.2 Å². The van der Waals surface area contributed by atoms with Gasteiger partial charge in [0, 0.05) is 24.2 Å². The summed E-state index contributed by atoms with van der Waals surface area (Å²) in [6.07, 6.45) is 1.96. The van der Waals surface area contributed by atoms with Crippen LogP contribution in [0.2, 0.25) is 0 Å². The molecular formula is C24H28N2O5. The zero-order valence-corrected chi connectivity index (χ0v) is 17.7. The summed E-state index contributed by atoms with van der Waals surface area (Å²) in [4.78, 5) is 39.6. The third-order valence-corrected chi connectivity index (χ3v) is 5.06. The summed E-state index contributed by atoms with van der Waals surface area (Å²) in [5.41, 5.74) is 1.02. The first kappa shape index (κ1) is 22.3. The molecule has 7 nitrogen and oxygen atoms in total. The molecule has 164 valence electrons. The van der Waals surface area contributed by atoms with Crippen molar-refractivity contribution in [1.29, 1.82) is 0 Å². The Morgan fingerprint density at radius 3 is 2.29 bits per heavy atom. The second-order valence-corrected chi connectivity index (χ2v) is 7.31. The molecule has 1 aliphatic heterocycles. The first-order valence-corrected chi connectivity index (χ1v) is 10.6. The fourth-order valence-electron chi connectivity index (χ4n) is 3.47. The third kappa shape index (κ3) is 6.31. The number of piperidine rings is 1. The predicted octanol–water partition coefficient (Wildman–Crippen LogP) is 3.11. The lowest BCUT2D eigenvalue weighted by molar-refractivity contribution is -0.160. The molecule has 0 unspecified atom stereocenters. The van der Waals surface area contributed by atoms with E-state index in [1.807, 2.05) is 13.0 Å². The second kappa shape index (κ2) is 11.2. The van der Waals surface area contributed by atoms with E-state index in [0.717, 1.165) is 19.3 Å². The summed E-state index contributed by atoms with van der Waals surface area (Å²) in [6, 6.07) is 15.6. The number of carbonyl (C=O) groups is 3. The van der Waals surface area contributed by atoms with Gasteiger partial charge in [0.1, 0.15) is 12.3 Å². The molecule has 0 aromatic heterocycles. The minimum absolute atomic E-state index is 0.225. The Kier molecular flexibility index (Phi) is 8.04. The second-order valence-electron chi connectivity index (χ2n) is 7.31. The zero-order valence-electron chi connectivity index (χ0n) is 17.7. The standard InChI is InChI=1S/C24H28N2O5/c1-2-30-20-13-11-19(12-14-20)23(28)25-17-21(27)31-22(18-9-5-3-6-10-18)24(29)26-15-7-4-8-16-26/h3,5-6,9-14,22H,2,4,7-8,15-17H2,1H3,(H,25,28)/t22-/m1/s1. The van der Waals surface area contributed by atoms with Crippen LogP contribution in [0.4, 0.5) is 0 Å². The highest BCUT2D eigenvalue weighted by molar-refractivity contribution is 5.96. The van der Waals surface area contributed by atoms with Crippen molar-refractivity contribution in [2.24, 2.45) is 0 Å². The van der Waals surface area contributed by atoms with Gasteiger partial charge in [-0.15, -0.1) is 0 Å². The Balaban J connectivity index is 1.60. The number of hydrogen-bond donors (Lipinski definition) is 1. The molecule has 2 aromatic rings. The van der Waals surface area contributed by atoms with Crippen molar-refractivity contribution < 1.29 is 23.9 Å². The highest BCUT2D eigenvalue weighted by atomic mass is 16.5. The van der Waals surface area contributed by atoms with Crippen LogP contribution < -0.4 is 10.1 Å². The maximum Gasteiger partial charge on any atom is 0.326 e. The Morgan fingerprint density at radius 1 is 0.968 bits per heavy atom. The number of carbonyl (C=O) groups excluding carboxylic acids is 3. The van der Waals surface area contributed by atoms with Gasteiger partial charge in [-0.05, 0) is 50.5 Å². The van der Waals surface area contributed by atoms with Crippen LogP contribution in [0, 0.1) is 0 Å². The molecule has 1 saturated heterocycles. The molecule has 0 radical (unpaired) electrons. The highest BCUT2D eigenvalue weighted by Gasteiger charge is 2.30. The summed E-state index contributed by atoms with van der Waals surface area (Å²) < 4.78 is 10.9. The van der Waals surface area contributed by atoms with Gasteiger partial charge in [-0.25, -0.2) is 0 Å². The lowest BCUT2D eigenvalue weighted by Crippen LogP contribution is -2.41. The van der Waals surface area contributed by atoms with E-state index in [0.29, 0.717) is 36.6 Å². The fourth-order valence-corrected chi connectivity index (χ4v) is 3.47. The van der Waals surface area contributed by atoms with Gasteiger partial charge in [-0.2, -0.15) is 0 Å². The van der Waals surface area contributed by atoms with E-state index in [1.54, 1.807) is 53.4 Å². The van der Waals surface area contributed by atoms with Gasteiger partial charge in [0.05, 0.1) is 6.61 Å². The van der Waals surface area contributed by atoms with Crippen molar-refractivity contribution in [3.63, 3.8) is 0 Å². The Labute approximate surface area is 182 Å². The zero-order chi connectivity index (χ0) is 22.1. The summed E-state index contributed by atoms with van der Waals surface area (Å²) >= 11 is 0. The smallest absolute Gasteiger partial charge is 0.326 e. The van der Waals surface area contributed by atoms with Crippen molar-refractivity contribution in [3.05, 3.63) is 65.7 Å². The number of ether oxygens (including phenoxy) is 2. The molecule has 0 spiro atoms. The Morgan fingerprint density at radius 2 is 1.65 bits per heavy atom. The number of esters is 1. The molecule has 7 heteroatoms. The van der Waals surface area contributed by atoms with Crippen molar-refractivity contribution >= 4 is 17.8 Å². The average Bonchev–Trinajstić information content (AvgIpc) is 2.82. The molecule has 1 aliphatic rings. The number of nitrogens with zero attached hydrogens (tertiary/aromatic N) is 1. The van der Waals surface area contributed by atoms with Crippen molar-refractivity contribution in [3.8, 4) is 5.75 Å². The number of amides is 2. The van der Waals surface area contributed by atoms with Crippen LogP contribution in [-0.4, -0.2) is 48.9 Å². The number of hydrogen-bond acceptors (Lipinski definition) is 5. The van der Waals surface area contributed by atoms with Crippen LogP contribution in [-0.2, 0) is 14.3 Å². The van der Waals surface area contributed by atoms with Gasteiger partial charge in [-0.3, -0.25) is 14.4 Å². The van der Waals surface area contributed by atoms with Crippen molar-refractivity contribution in [2.45, 2.75) is 32.3 Å². The SMILES string of the molecule is CCOc1ccc(C(=O)NCC(=O)O[C@@H](C(=O)N2CCCCC2)c2ccccc2)cc1. The molecule has 2 amide bonds. The van der Waals surface area contributed by atoms with Gasteiger partial charge in [0.25, 0.3) is 11.8 Å². The molecule has 1 heterocycles. The monoisotopic (exact) mass is 424 g/mol. The summed E-state index contributed by atoms with van der Waals surface area (Å²) in [7, 11) is 0. The van der Waals surface area contributed by atoms with E-state index in [4.69, 9.17) is 9.47 Å². The van der Waals surface area contributed by atoms with E-state index >= 15 is 0 Å². The molecule has 0 aliphatic carbocycles. The van der Waals surface area contributed by atoms with Gasteiger partial charge in [0.2, 0.25) is 6.10 Å². The van der Waals surface area contributed by atoms with Crippen LogP contribution in [0.3, 0.4) is 0 Å². The highest BCUT2D eigenvalue weighted by Crippen LogP contribution is 2.22. The molecule has 1 atom stereocenters. The molecule has 1 fully saturated rings.